The van der Waals surface area contributed by atoms with Gasteiger partial charge >= 0.3 is 0 Å². The van der Waals surface area contributed by atoms with Crippen molar-refractivity contribution in [3.63, 3.8) is 0 Å². The van der Waals surface area contributed by atoms with E-state index in [9.17, 15) is 0 Å². The standard InChI is InChI=1S/C16H23BrO/c1-10-6-12-13(15(10)18-5)7-11(8-14(12)17)9-16(2,3)4/h7-8,10,15H,6,9H2,1-5H3/t10-,15-/m1/s1. The SMILES string of the molecule is CO[C@H]1c2cc(CC(C)(C)C)cc(Br)c2C[C@H]1C. The van der Waals surface area contributed by atoms with Gasteiger partial charge in [-0.25, -0.2) is 0 Å². The lowest BCUT2D eigenvalue weighted by Crippen LogP contribution is -2.10. The zero-order valence-electron chi connectivity index (χ0n) is 12.0. The Bertz CT molecular complexity index is 445. The topological polar surface area (TPSA) is 9.23 Å². The molecule has 1 nitrogen and oxygen atoms in total. The van der Waals surface area contributed by atoms with Gasteiger partial charge in [-0.3, -0.25) is 0 Å². The van der Waals surface area contributed by atoms with Gasteiger partial charge in [-0.2, -0.15) is 0 Å². The molecule has 1 aromatic carbocycles. The first-order valence-electron chi connectivity index (χ1n) is 6.66. The van der Waals surface area contributed by atoms with Gasteiger partial charge in [-0.15, -0.1) is 0 Å². The van der Waals surface area contributed by atoms with Gasteiger partial charge < -0.3 is 4.74 Å². The summed E-state index contributed by atoms with van der Waals surface area (Å²) in [5.41, 5.74) is 4.55. The molecule has 0 heterocycles. The summed E-state index contributed by atoms with van der Waals surface area (Å²) in [5, 5.41) is 0. The van der Waals surface area contributed by atoms with E-state index in [1.807, 2.05) is 7.11 Å². The van der Waals surface area contributed by atoms with Crippen molar-refractivity contribution in [3.8, 4) is 0 Å². The van der Waals surface area contributed by atoms with E-state index in [4.69, 9.17) is 4.74 Å². The lowest BCUT2D eigenvalue weighted by atomic mass is 9.87. The molecule has 0 unspecified atom stereocenters. The highest BCUT2D eigenvalue weighted by molar-refractivity contribution is 9.10. The van der Waals surface area contributed by atoms with Gasteiger partial charge in [0, 0.05) is 11.6 Å². The molecule has 100 valence electrons. The molecule has 0 fully saturated rings. The number of methoxy groups -OCH3 is 1. The fourth-order valence-corrected chi connectivity index (χ4v) is 3.68. The van der Waals surface area contributed by atoms with Crippen LogP contribution in [0.3, 0.4) is 0 Å². The summed E-state index contributed by atoms with van der Waals surface area (Å²) in [5.74, 6) is 0.575. The van der Waals surface area contributed by atoms with Crippen LogP contribution in [0, 0.1) is 11.3 Å². The molecule has 1 aliphatic carbocycles. The van der Waals surface area contributed by atoms with Crippen molar-refractivity contribution >= 4 is 15.9 Å². The lowest BCUT2D eigenvalue weighted by Gasteiger charge is -2.20. The second-order valence-corrected chi connectivity index (χ2v) is 7.57. The van der Waals surface area contributed by atoms with Crippen molar-refractivity contribution in [1.29, 1.82) is 0 Å². The van der Waals surface area contributed by atoms with E-state index in [2.05, 4.69) is 55.8 Å². The molecule has 2 rings (SSSR count). The third-order valence-electron chi connectivity index (χ3n) is 3.63. The molecule has 0 spiro atoms. The monoisotopic (exact) mass is 310 g/mol. The first kappa shape index (κ1) is 14.1. The molecule has 0 radical (unpaired) electrons. The molecular weight excluding hydrogens is 288 g/mol. The maximum Gasteiger partial charge on any atom is 0.0852 e. The smallest absolute Gasteiger partial charge is 0.0852 e. The molecule has 1 aromatic rings. The van der Waals surface area contributed by atoms with Gasteiger partial charge in [0.1, 0.15) is 0 Å². The van der Waals surface area contributed by atoms with Crippen molar-refractivity contribution in [2.24, 2.45) is 11.3 Å². The molecule has 0 aromatic heterocycles. The van der Waals surface area contributed by atoms with E-state index in [-0.39, 0.29) is 6.10 Å². The Labute approximate surface area is 119 Å². The minimum atomic E-state index is 0.260. The van der Waals surface area contributed by atoms with Crippen LogP contribution < -0.4 is 0 Å². The zero-order valence-corrected chi connectivity index (χ0v) is 13.6. The molecule has 0 amide bonds. The van der Waals surface area contributed by atoms with E-state index in [1.54, 1.807) is 0 Å². The number of ether oxygens (including phenoxy) is 1. The van der Waals surface area contributed by atoms with Gasteiger partial charge in [-0.1, -0.05) is 49.7 Å². The summed E-state index contributed by atoms with van der Waals surface area (Å²) in [7, 11) is 1.82. The van der Waals surface area contributed by atoms with E-state index in [1.165, 1.54) is 21.2 Å². The number of benzene rings is 1. The third kappa shape index (κ3) is 2.80. The molecule has 0 bridgehead atoms. The molecule has 0 N–H and O–H groups in total. The molecule has 2 atom stereocenters. The van der Waals surface area contributed by atoms with Crippen molar-refractivity contribution in [2.75, 3.05) is 7.11 Å². The number of hydrogen-bond donors (Lipinski definition) is 0. The van der Waals surface area contributed by atoms with Crippen LogP contribution in [0.1, 0.15) is 50.5 Å². The van der Waals surface area contributed by atoms with Gasteiger partial charge in [0.15, 0.2) is 0 Å². The summed E-state index contributed by atoms with van der Waals surface area (Å²) < 4.78 is 6.92. The van der Waals surface area contributed by atoms with Crippen LogP contribution in [0.25, 0.3) is 0 Å². The van der Waals surface area contributed by atoms with Crippen molar-refractivity contribution in [2.45, 2.75) is 46.6 Å². The maximum absolute atomic E-state index is 5.67. The minimum absolute atomic E-state index is 0.260. The Morgan fingerprint density at radius 3 is 2.56 bits per heavy atom. The number of fused-ring (bicyclic) bond motifs is 1. The molecule has 0 aliphatic heterocycles. The van der Waals surface area contributed by atoms with Gasteiger partial charge in [-0.05, 0) is 46.9 Å². The van der Waals surface area contributed by atoms with Crippen LogP contribution in [-0.4, -0.2) is 7.11 Å². The second-order valence-electron chi connectivity index (χ2n) is 6.72. The van der Waals surface area contributed by atoms with Crippen LogP contribution >= 0.6 is 15.9 Å². The first-order valence-corrected chi connectivity index (χ1v) is 7.45. The lowest BCUT2D eigenvalue weighted by molar-refractivity contribution is 0.0694. The van der Waals surface area contributed by atoms with Crippen LogP contribution in [0.4, 0.5) is 0 Å². The molecular formula is C16H23BrO. The van der Waals surface area contributed by atoms with Crippen LogP contribution in [-0.2, 0) is 17.6 Å². The summed E-state index contributed by atoms with van der Waals surface area (Å²) in [6.07, 6.45) is 2.48. The molecule has 0 saturated carbocycles. The Balaban J connectivity index is 2.39. The highest BCUT2D eigenvalue weighted by Gasteiger charge is 2.31. The number of halogens is 1. The fourth-order valence-electron chi connectivity index (χ4n) is 2.99. The molecule has 0 saturated heterocycles. The molecule has 1 aliphatic rings. The Hall–Kier alpha value is -0.340. The summed E-state index contributed by atoms with van der Waals surface area (Å²) in [6, 6.07) is 4.64. The summed E-state index contributed by atoms with van der Waals surface area (Å²) >= 11 is 3.73. The molecule has 18 heavy (non-hydrogen) atoms. The van der Waals surface area contributed by atoms with Crippen molar-refractivity contribution < 1.29 is 4.74 Å². The fraction of sp³-hybridized carbons (Fsp3) is 0.625. The highest BCUT2D eigenvalue weighted by Crippen LogP contribution is 2.42. The summed E-state index contributed by atoms with van der Waals surface area (Å²) in [6.45, 7) is 9.11. The van der Waals surface area contributed by atoms with Crippen LogP contribution in [0.5, 0.6) is 0 Å². The van der Waals surface area contributed by atoms with E-state index < -0.39 is 0 Å². The predicted molar refractivity (Wildman–Crippen MR) is 79.9 cm³/mol. The van der Waals surface area contributed by atoms with E-state index in [0.29, 0.717) is 11.3 Å². The van der Waals surface area contributed by atoms with Crippen LogP contribution in [0.2, 0.25) is 0 Å². The van der Waals surface area contributed by atoms with Gasteiger partial charge in [0.2, 0.25) is 0 Å². The Kier molecular flexibility index (Phi) is 3.89. The highest BCUT2D eigenvalue weighted by atomic mass is 79.9. The quantitative estimate of drug-likeness (QED) is 0.753. The average Bonchev–Trinajstić information content (AvgIpc) is 2.52. The number of hydrogen-bond acceptors (Lipinski definition) is 1. The van der Waals surface area contributed by atoms with E-state index in [0.717, 1.165) is 12.8 Å². The summed E-state index contributed by atoms with van der Waals surface area (Å²) in [4.78, 5) is 0. The first-order chi connectivity index (χ1) is 8.31. The normalized spacial score (nSPS) is 23.2. The number of rotatable bonds is 2. The van der Waals surface area contributed by atoms with Crippen LogP contribution in [0.15, 0.2) is 16.6 Å². The minimum Gasteiger partial charge on any atom is -0.376 e. The molecule has 2 heteroatoms. The predicted octanol–water partition coefficient (Wildman–Crippen LogP) is 4.92. The Morgan fingerprint density at radius 2 is 2.00 bits per heavy atom. The maximum atomic E-state index is 5.67. The largest absolute Gasteiger partial charge is 0.376 e. The Morgan fingerprint density at radius 1 is 1.33 bits per heavy atom. The van der Waals surface area contributed by atoms with E-state index >= 15 is 0 Å². The van der Waals surface area contributed by atoms with Crippen molar-refractivity contribution in [3.05, 3.63) is 33.3 Å². The van der Waals surface area contributed by atoms with Crippen molar-refractivity contribution in [1.82, 2.24) is 0 Å². The van der Waals surface area contributed by atoms with Gasteiger partial charge in [0.25, 0.3) is 0 Å². The van der Waals surface area contributed by atoms with Gasteiger partial charge in [0.05, 0.1) is 6.10 Å². The average molecular weight is 311 g/mol. The second kappa shape index (κ2) is 4.97. The third-order valence-corrected chi connectivity index (χ3v) is 4.34. The zero-order chi connectivity index (χ0) is 13.5.